The first-order valence-electron chi connectivity index (χ1n) is 11.8. The van der Waals surface area contributed by atoms with Gasteiger partial charge in [0.1, 0.15) is 6.04 Å². The normalized spacial score (nSPS) is 22.0. The zero-order valence-corrected chi connectivity index (χ0v) is 18.5. The highest BCUT2D eigenvalue weighted by atomic mass is 16.7. The van der Waals surface area contributed by atoms with Gasteiger partial charge in [0, 0.05) is 23.6 Å². The van der Waals surface area contributed by atoms with E-state index in [9.17, 15) is 4.79 Å². The SMILES string of the molecule is O=c1[nH]c2cc3c(cc2cc1[C@H](c1nnnn1C[C@H]1CCCO1)N1CCCCCC1)OCO3. The van der Waals surface area contributed by atoms with Crippen LogP contribution in [0.15, 0.2) is 23.0 Å². The third-order valence-corrected chi connectivity index (χ3v) is 6.87. The molecule has 0 aliphatic carbocycles. The number of fused-ring (bicyclic) bond motifs is 2. The molecule has 0 radical (unpaired) electrons. The number of benzene rings is 1. The number of likely N-dealkylation sites (tertiary alicyclic amines) is 1. The average molecular weight is 453 g/mol. The molecular formula is C23H28N6O4. The van der Waals surface area contributed by atoms with E-state index >= 15 is 0 Å². The molecule has 0 spiro atoms. The average Bonchev–Trinajstić information content (AvgIpc) is 3.54. The second kappa shape index (κ2) is 8.75. The monoisotopic (exact) mass is 452 g/mol. The third-order valence-electron chi connectivity index (χ3n) is 6.87. The summed E-state index contributed by atoms with van der Waals surface area (Å²) < 4.78 is 18.7. The number of aromatic amines is 1. The van der Waals surface area contributed by atoms with Gasteiger partial charge in [-0.25, -0.2) is 4.68 Å². The van der Waals surface area contributed by atoms with Crippen LogP contribution >= 0.6 is 0 Å². The molecule has 0 unspecified atom stereocenters. The molecule has 3 aliphatic heterocycles. The minimum absolute atomic E-state index is 0.103. The molecule has 5 heterocycles. The second-order valence-corrected chi connectivity index (χ2v) is 9.05. The van der Waals surface area contributed by atoms with E-state index in [4.69, 9.17) is 14.2 Å². The van der Waals surface area contributed by atoms with Crippen molar-refractivity contribution in [1.82, 2.24) is 30.1 Å². The zero-order chi connectivity index (χ0) is 22.2. The Labute approximate surface area is 190 Å². The first-order chi connectivity index (χ1) is 16.3. The number of ether oxygens (including phenoxy) is 3. The predicted octanol–water partition coefficient (Wildman–Crippen LogP) is 2.39. The number of hydrogen-bond acceptors (Lipinski definition) is 8. The van der Waals surface area contributed by atoms with Gasteiger partial charge in [0.05, 0.1) is 18.2 Å². The maximum absolute atomic E-state index is 13.4. The van der Waals surface area contributed by atoms with E-state index in [0.29, 0.717) is 29.4 Å². The summed E-state index contributed by atoms with van der Waals surface area (Å²) in [6, 6.07) is 5.37. The molecule has 2 fully saturated rings. The maximum atomic E-state index is 13.4. The van der Waals surface area contributed by atoms with E-state index in [-0.39, 0.29) is 24.5 Å². The summed E-state index contributed by atoms with van der Waals surface area (Å²) in [6.45, 7) is 3.36. The Balaban J connectivity index is 1.45. The van der Waals surface area contributed by atoms with E-state index in [1.807, 2.05) is 22.9 Å². The molecule has 33 heavy (non-hydrogen) atoms. The Morgan fingerprint density at radius 1 is 1.06 bits per heavy atom. The molecule has 3 aliphatic rings. The molecule has 2 saturated heterocycles. The van der Waals surface area contributed by atoms with Gasteiger partial charge in [-0.2, -0.15) is 0 Å². The quantitative estimate of drug-likeness (QED) is 0.629. The van der Waals surface area contributed by atoms with Crippen LogP contribution < -0.4 is 15.0 Å². The van der Waals surface area contributed by atoms with Crippen molar-refractivity contribution in [2.75, 3.05) is 26.5 Å². The predicted molar refractivity (Wildman–Crippen MR) is 119 cm³/mol. The lowest BCUT2D eigenvalue weighted by molar-refractivity contribution is 0.0909. The van der Waals surface area contributed by atoms with Gasteiger partial charge < -0.3 is 19.2 Å². The van der Waals surface area contributed by atoms with Crippen LogP contribution in [0.2, 0.25) is 0 Å². The standard InChI is InChI=1S/C23H28N6O4/c30-23-17(10-15-11-19-20(33-14-32-19)12-18(15)24-23)21(28-7-3-1-2-4-8-28)22-25-26-27-29(22)13-16-6-5-9-31-16/h10-12,16,21H,1-9,13-14H2,(H,24,30)/t16-,21-/m1/s1. The number of hydrogen-bond donors (Lipinski definition) is 1. The Morgan fingerprint density at radius 2 is 1.88 bits per heavy atom. The van der Waals surface area contributed by atoms with Crippen LogP contribution in [0, 0.1) is 0 Å². The molecular weight excluding hydrogens is 424 g/mol. The summed E-state index contributed by atoms with van der Waals surface area (Å²) in [5.41, 5.74) is 1.23. The van der Waals surface area contributed by atoms with Crippen LogP contribution in [0.5, 0.6) is 11.5 Å². The van der Waals surface area contributed by atoms with Gasteiger partial charge in [-0.3, -0.25) is 9.69 Å². The highest BCUT2D eigenvalue weighted by Gasteiger charge is 2.32. The van der Waals surface area contributed by atoms with Gasteiger partial charge in [0.2, 0.25) is 6.79 Å². The van der Waals surface area contributed by atoms with E-state index in [1.54, 1.807) is 0 Å². The number of pyridine rings is 1. The van der Waals surface area contributed by atoms with Crippen molar-refractivity contribution >= 4 is 10.9 Å². The molecule has 6 rings (SSSR count). The molecule has 2 aromatic heterocycles. The Kier molecular flexibility index (Phi) is 5.47. The van der Waals surface area contributed by atoms with Crippen molar-refractivity contribution in [3.8, 4) is 11.5 Å². The van der Waals surface area contributed by atoms with Crippen LogP contribution in [-0.4, -0.2) is 62.7 Å². The van der Waals surface area contributed by atoms with Crippen LogP contribution in [0.1, 0.15) is 56.0 Å². The lowest BCUT2D eigenvalue weighted by Gasteiger charge is -2.30. The molecule has 1 aromatic carbocycles. The highest BCUT2D eigenvalue weighted by Crippen LogP contribution is 2.36. The van der Waals surface area contributed by atoms with Crippen molar-refractivity contribution in [2.45, 2.75) is 57.2 Å². The molecule has 10 nitrogen and oxygen atoms in total. The number of nitrogens with zero attached hydrogens (tertiary/aromatic N) is 5. The van der Waals surface area contributed by atoms with E-state index in [1.165, 1.54) is 12.8 Å². The topological polar surface area (TPSA) is 107 Å². The molecule has 10 heteroatoms. The van der Waals surface area contributed by atoms with Gasteiger partial charge >= 0.3 is 0 Å². The number of tetrazole rings is 1. The number of nitrogens with one attached hydrogen (secondary N) is 1. The first kappa shape index (κ1) is 20.6. The first-order valence-corrected chi connectivity index (χ1v) is 11.8. The maximum Gasteiger partial charge on any atom is 0.253 e. The summed E-state index contributed by atoms with van der Waals surface area (Å²) in [6.07, 6.45) is 6.73. The van der Waals surface area contributed by atoms with Crippen LogP contribution in [0.4, 0.5) is 0 Å². The fourth-order valence-corrected chi connectivity index (χ4v) is 5.19. The number of aromatic nitrogens is 5. The van der Waals surface area contributed by atoms with Crippen molar-refractivity contribution in [1.29, 1.82) is 0 Å². The molecule has 0 saturated carbocycles. The van der Waals surface area contributed by atoms with Gasteiger partial charge in [0.15, 0.2) is 17.3 Å². The summed E-state index contributed by atoms with van der Waals surface area (Å²) in [5.74, 6) is 2.03. The van der Waals surface area contributed by atoms with Crippen molar-refractivity contribution < 1.29 is 14.2 Å². The van der Waals surface area contributed by atoms with E-state index in [0.717, 1.165) is 56.3 Å². The van der Waals surface area contributed by atoms with Gasteiger partial charge in [-0.15, -0.1) is 5.10 Å². The largest absolute Gasteiger partial charge is 0.454 e. The van der Waals surface area contributed by atoms with Crippen molar-refractivity contribution in [2.24, 2.45) is 0 Å². The fraction of sp³-hybridized carbons (Fsp3) is 0.565. The van der Waals surface area contributed by atoms with Crippen molar-refractivity contribution in [3.63, 3.8) is 0 Å². The summed E-state index contributed by atoms with van der Waals surface area (Å²) in [4.78, 5) is 18.8. The van der Waals surface area contributed by atoms with E-state index < -0.39 is 0 Å². The molecule has 2 atom stereocenters. The van der Waals surface area contributed by atoms with Gasteiger partial charge in [-0.05, 0) is 61.3 Å². The highest BCUT2D eigenvalue weighted by molar-refractivity contribution is 5.83. The Morgan fingerprint density at radius 3 is 2.67 bits per heavy atom. The zero-order valence-electron chi connectivity index (χ0n) is 18.5. The summed E-state index contributed by atoms with van der Waals surface area (Å²) in [5, 5.41) is 13.6. The lowest BCUT2D eigenvalue weighted by Crippen LogP contribution is -2.36. The van der Waals surface area contributed by atoms with Gasteiger partial charge in [0.25, 0.3) is 5.56 Å². The second-order valence-electron chi connectivity index (χ2n) is 9.05. The lowest BCUT2D eigenvalue weighted by atomic mass is 10.0. The smallest absolute Gasteiger partial charge is 0.253 e. The molecule has 0 bridgehead atoms. The summed E-state index contributed by atoms with van der Waals surface area (Å²) in [7, 11) is 0. The van der Waals surface area contributed by atoms with Crippen LogP contribution in [-0.2, 0) is 11.3 Å². The number of H-pyrrole nitrogens is 1. The minimum Gasteiger partial charge on any atom is -0.454 e. The van der Waals surface area contributed by atoms with Crippen molar-refractivity contribution in [3.05, 3.63) is 39.9 Å². The Bertz CT molecular complexity index is 1190. The minimum atomic E-state index is -0.335. The van der Waals surface area contributed by atoms with Crippen LogP contribution in [0.25, 0.3) is 10.9 Å². The fourth-order valence-electron chi connectivity index (χ4n) is 5.19. The van der Waals surface area contributed by atoms with E-state index in [2.05, 4.69) is 25.4 Å². The van der Waals surface area contributed by atoms with Gasteiger partial charge in [-0.1, -0.05) is 12.8 Å². The Hall–Kier alpha value is -2.98. The number of rotatable bonds is 5. The third kappa shape index (κ3) is 3.97. The molecule has 3 aromatic rings. The summed E-state index contributed by atoms with van der Waals surface area (Å²) >= 11 is 0. The molecule has 1 N–H and O–H groups in total. The van der Waals surface area contributed by atoms with Crippen LogP contribution in [0.3, 0.4) is 0 Å². The molecule has 174 valence electrons. The molecule has 0 amide bonds.